The van der Waals surface area contributed by atoms with Crippen molar-refractivity contribution in [3.05, 3.63) is 107 Å². The van der Waals surface area contributed by atoms with Crippen LogP contribution in [0.4, 0.5) is 5.69 Å². The molecule has 0 unspecified atom stereocenters. The number of non-ortho nitro benzene ring substituents is 1. The van der Waals surface area contributed by atoms with Gasteiger partial charge in [0.15, 0.2) is 0 Å². The van der Waals surface area contributed by atoms with Gasteiger partial charge in [-0.2, -0.15) is 0 Å². The second-order valence-electron chi connectivity index (χ2n) is 6.11. The van der Waals surface area contributed by atoms with Gasteiger partial charge < -0.3 is 0 Å². The van der Waals surface area contributed by atoms with E-state index in [1.165, 1.54) is 12.1 Å². The number of hydrogen-bond acceptors (Lipinski definition) is 2. The highest BCUT2D eigenvalue weighted by molar-refractivity contribution is 5.74. The molecule has 3 aromatic carbocycles. The molecule has 0 N–H and O–H groups in total. The Labute approximate surface area is 156 Å². The van der Waals surface area contributed by atoms with Crippen molar-refractivity contribution in [3.8, 4) is 33.8 Å². The first-order valence-corrected chi connectivity index (χ1v) is 8.54. The van der Waals surface area contributed by atoms with Crippen LogP contribution >= 0.6 is 0 Å². The highest BCUT2D eigenvalue weighted by atomic mass is 16.6. The lowest BCUT2D eigenvalue weighted by Crippen LogP contribution is -1.88. The lowest BCUT2D eigenvalue weighted by molar-refractivity contribution is -0.384. The molecule has 0 aliphatic carbocycles. The zero-order chi connectivity index (χ0) is 18.6. The number of nitro groups is 1. The average molecular weight is 354 g/mol. The summed E-state index contributed by atoms with van der Waals surface area (Å²) in [5, 5.41) is 10.9. The molecule has 0 saturated heterocycles. The third-order valence-electron chi connectivity index (χ3n) is 4.32. The summed E-state index contributed by atoms with van der Waals surface area (Å²) in [5.74, 6) is 1.40. The number of nitro benzene ring substituents is 1. The Morgan fingerprint density at radius 3 is 1.59 bits per heavy atom. The molecule has 0 fully saturated rings. The van der Waals surface area contributed by atoms with E-state index in [4.69, 9.17) is 4.42 Å². The van der Waals surface area contributed by atoms with Crippen LogP contribution in [-0.2, 0) is 0 Å². The summed E-state index contributed by atoms with van der Waals surface area (Å²) in [6.45, 7) is 0. The molecular weight excluding hydrogens is 338 g/mol. The fraction of sp³-hybridized carbons (Fsp3) is 0. The van der Waals surface area contributed by atoms with E-state index < -0.39 is 4.92 Å². The first-order valence-electron chi connectivity index (χ1n) is 8.54. The number of nitrogens with zero attached hydrogens (tertiary/aromatic N) is 1. The quantitative estimate of drug-likeness (QED) is 0.240. The number of benzene rings is 3. The molecule has 27 heavy (non-hydrogen) atoms. The molecule has 0 amide bonds. The minimum absolute atomic E-state index is 0.0567. The standard InChI is InChI=1S/C23H16NO3/c25-24(26)21-13-11-19(12-14-21)23-16-20(17-7-3-1-4-8-17)15-22(27-23)18-9-5-2-6-10-18/h1-16H/q+1. The first kappa shape index (κ1) is 16.7. The Morgan fingerprint density at radius 1 is 0.593 bits per heavy atom. The maximum absolute atomic E-state index is 10.9. The normalized spacial score (nSPS) is 10.5. The molecule has 0 radical (unpaired) electrons. The van der Waals surface area contributed by atoms with Gasteiger partial charge in [-0.05, 0) is 29.8 Å². The van der Waals surface area contributed by atoms with Crippen LogP contribution in [0.5, 0.6) is 0 Å². The predicted molar refractivity (Wildman–Crippen MR) is 106 cm³/mol. The van der Waals surface area contributed by atoms with Gasteiger partial charge in [0.2, 0.25) is 0 Å². The Balaban J connectivity index is 1.86. The molecule has 1 heterocycles. The summed E-state index contributed by atoms with van der Waals surface area (Å²) in [6, 6.07) is 30.3. The first-order chi connectivity index (χ1) is 13.2. The minimum atomic E-state index is -0.406. The summed E-state index contributed by atoms with van der Waals surface area (Å²) < 4.78 is 6.14. The molecule has 0 aliphatic rings. The second kappa shape index (κ2) is 7.22. The smallest absolute Gasteiger partial charge is 0.258 e. The Bertz CT molecular complexity index is 1020. The predicted octanol–water partition coefficient (Wildman–Crippen LogP) is 6.47. The average Bonchev–Trinajstić information content (AvgIpc) is 2.75. The Kier molecular flexibility index (Phi) is 4.45. The van der Waals surface area contributed by atoms with Crippen molar-refractivity contribution in [2.45, 2.75) is 0 Å². The SMILES string of the molecule is O=[N+]([O-])c1ccc(-c2cc(-c3ccccc3)cc(-c3ccccc3)[o+]2)cc1. The van der Waals surface area contributed by atoms with E-state index in [2.05, 4.69) is 0 Å². The van der Waals surface area contributed by atoms with Gasteiger partial charge in [0.05, 0.1) is 28.2 Å². The molecule has 130 valence electrons. The zero-order valence-electron chi connectivity index (χ0n) is 14.4. The van der Waals surface area contributed by atoms with E-state index in [1.807, 2.05) is 72.8 Å². The molecule has 4 rings (SSSR count). The maximum atomic E-state index is 10.9. The molecule has 4 nitrogen and oxygen atoms in total. The molecule has 0 atom stereocenters. The van der Waals surface area contributed by atoms with E-state index in [0.29, 0.717) is 5.76 Å². The Morgan fingerprint density at radius 2 is 1.07 bits per heavy atom. The van der Waals surface area contributed by atoms with Gasteiger partial charge in [0.25, 0.3) is 5.69 Å². The van der Waals surface area contributed by atoms with E-state index in [-0.39, 0.29) is 5.69 Å². The summed E-state index contributed by atoms with van der Waals surface area (Å²) in [4.78, 5) is 10.5. The van der Waals surface area contributed by atoms with Gasteiger partial charge in [0.1, 0.15) is 0 Å². The van der Waals surface area contributed by atoms with Crippen molar-refractivity contribution in [1.82, 2.24) is 0 Å². The van der Waals surface area contributed by atoms with Crippen molar-refractivity contribution in [1.29, 1.82) is 0 Å². The van der Waals surface area contributed by atoms with Crippen LogP contribution in [0, 0.1) is 10.1 Å². The molecule has 0 aliphatic heterocycles. The second-order valence-corrected chi connectivity index (χ2v) is 6.11. The lowest BCUT2D eigenvalue weighted by Gasteiger charge is -2.02. The molecule has 4 heteroatoms. The van der Waals surface area contributed by atoms with E-state index in [1.54, 1.807) is 12.1 Å². The fourth-order valence-electron chi connectivity index (χ4n) is 2.93. The van der Waals surface area contributed by atoms with E-state index in [9.17, 15) is 10.1 Å². The fourth-order valence-corrected chi connectivity index (χ4v) is 2.93. The summed E-state index contributed by atoms with van der Waals surface area (Å²) in [6.07, 6.45) is 0. The largest absolute Gasteiger partial charge is 0.361 e. The van der Waals surface area contributed by atoms with Crippen molar-refractivity contribution in [3.63, 3.8) is 0 Å². The molecule has 0 spiro atoms. The third-order valence-corrected chi connectivity index (χ3v) is 4.32. The Hall–Kier alpha value is -3.79. The van der Waals surface area contributed by atoms with Crippen molar-refractivity contribution in [2.24, 2.45) is 0 Å². The van der Waals surface area contributed by atoms with E-state index >= 15 is 0 Å². The van der Waals surface area contributed by atoms with Crippen LogP contribution in [0.3, 0.4) is 0 Å². The van der Waals surface area contributed by atoms with Gasteiger partial charge in [-0.15, -0.1) is 0 Å². The lowest BCUT2D eigenvalue weighted by atomic mass is 10.0. The number of rotatable bonds is 4. The molecule has 0 saturated carbocycles. The van der Waals surface area contributed by atoms with Crippen LogP contribution < -0.4 is 0 Å². The van der Waals surface area contributed by atoms with Crippen molar-refractivity contribution in [2.75, 3.05) is 0 Å². The maximum Gasteiger partial charge on any atom is 0.361 e. The van der Waals surface area contributed by atoms with Gasteiger partial charge in [0, 0.05) is 17.7 Å². The van der Waals surface area contributed by atoms with Gasteiger partial charge in [-0.25, -0.2) is 4.42 Å². The van der Waals surface area contributed by atoms with Crippen LogP contribution in [-0.4, -0.2) is 4.92 Å². The third kappa shape index (κ3) is 3.60. The van der Waals surface area contributed by atoms with Crippen LogP contribution in [0.2, 0.25) is 0 Å². The summed E-state index contributed by atoms with van der Waals surface area (Å²) >= 11 is 0. The molecule has 0 bridgehead atoms. The van der Waals surface area contributed by atoms with Gasteiger partial charge in [-0.1, -0.05) is 48.5 Å². The summed E-state index contributed by atoms with van der Waals surface area (Å²) in [7, 11) is 0. The van der Waals surface area contributed by atoms with Crippen molar-refractivity contribution >= 4 is 5.69 Å². The highest BCUT2D eigenvalue weighted by Crippen LogP contribution is 2.33. The monoisotopic (exact) mass is 354 g/mol. The zero-order valence-corrected chi connectivity index (χ0v) is 14.4. The number of hydrogen-bond donors (Lipinski definition) is 0. The molecule has 4 aromatic rings. The van der Waals surface area contributed by atoms with E-state index in [0.717, 1.165) is 28.0 Å². The molecule has 1 aromatic heterocycles. The van der Waals surface area contributed by atoms with Crippen LogP contribution in [0.15, 0.2) is 101 Å². The van der Waals surface area contributed by atoms with Crippen LogP contribution in [0.1, 0.15) is 0 Å². The minimum Gasteiger partial charge on any atom is -0.258 e. The van der Waals surface area contributed by atoms with Crippen molar-refractivity contribution < 1.29 is 9.34 Å². The summed E-state index contributed by atoms with van der Waals surface area (Å²) in [5.41, 5.74) is 3.91. The van der Waals surface area contributed by atoms with Crippen LogP contribution in [0.25, 0.3) is 33.8 Å². The molecular formula is C23H16NO3+. The highest BCUT2D eigenvalue weighted by Gasteiger charge is 2.21. The topological polar surface area (TPSA) is 54.4 Å². The van der Waals surface area contributed by atoms with Gasteiger partial charge in [-0.3, -0.25) is 10.1 Å². The van der Waals surface area contributed by atoms with Gasteiger partial charge >= 0.3 is 11.5 Å².